The molecular formula is C13H12BrN2O2+. The highest BCUT2D eigenvalue weighted by molar-refractivity contribution is 9.10. The Morgan fingerprint density at radius 1 is 1.17 bits per heavy atom. The van der Waals surface area contributed by atoms with Crippen molar-refractivity contribution in [1.82, 2.24) is 0 Å². The molecule has 0 aliphatic rings. The van der Waals surface area contributed by atoms with Gasteiger partial charge in [0.1, 0.15) is 12.4 Å². The normalized spacial score (nSPS) is 10.1. The molecule has 0 aliphatic carbocycles. The van der Waals surface area contributed by atoms with Gasteiger partial charge in [-0.25, -0.2) is 0 Å². The largest absolute Gasteiger partial charge is 0.489 e. The van der Waals surface area contributed by atoms with Crippen LogP contribution in [0.4, 0.5) is 5.69 Å². The molecule has 92 valence electrons. The highest BCUT2D eigenvalue weighted by Gasteiger charge is 2.12. The van der Waals surface area contributed by atoms with E-state index in [1.165, 1.54) is 0 Å². The van der Waals surface area contributed by atoms with Gasteiger partial charge in [-0.05, 0) is 11.6 Å². The Balaban J connectivity index is 2.12. The molecule has 0 amide bonds. The van der Waals surface area contributed by atoms with Crippen LogP contribution in [0.25, 0.3) is 0 Å². The molecule has 0 saturated heterocycles. The van der Waals surface area contributed by atoms with Crippen LogP contribution in [0.3, 0.4) is 0 Å². The van der Waals surface area contributed by atoms with Crippen LogP contribution in [0, 0.1) is 4.91 Å². The SMILES string of the molecule is N[N+](=O)c1cc(Br)cc(OCc2ccccc2)c1. The predicted molar refractivity (Wildman–Crippen MR) is 72.4 cm³/mol. The molecule has 0 spiro atoms. The van der Waals surface area contributed by atoms with Gasteiger partial charge < -0.3 is 4.74 Å². The second kappa shape index (κ2) is 5.64. The fraction of sp³-hybridized carbons (Fsp3) is 0.0769. The number of ether oxygens (including phenoxy) is 1. The van der Waals surface area contributed by atoms with E-state index in [0.717, 1.165) is 10.0 Å². The van der Waals surface area contributed by atoms with Crippen LogP contribution in [0.1, 0.15) is 5.56 Å². The Kier molecular flexibility index (Phi) is 3.94. The lowest BCUT2D eigenvalue weighted by Gasteiger charge is -2.06. The van der Waals surface area contributed by atoms with Crippen molar-refractivity contribution in [1.29, 1.82) is 0 Å². The summed E-state index contributed by atoms with van der Waals surface area (Å²) in [5.74, 6) is 5.75. The monoisotopic (exact) mass is 307 g/mol. The van der Waals surface area contributed by atoms with Crippen LogP contribution in [0.2, 0.25) is 0 Å². The summed E-state index contributed by atoms with van der Waals surface area (Å²) in [7, 11) is 0. The zero-order chi connectivity index (χ0) is 13.0. The summed E-state index contributed by atoms with van der Waals surface area (Å²) in [4.78, 5) is 11.3. The van der Waals surface area contributed by atoms with Crippen molar-refractivity contribution in [2.45, 2.75) is 6.61 Å². The van der Waals surface area contributed by atoms with Gasteiger partial charge in [0.2, 0.25) is 0 Å². The van der Waals surface area contributed by atoms with E-state index in [1.807, 2.05) is 30.3 Å². The topological polar surface area (TPSA) is 55.3 Å². The number of rotatable bonds is 4. The summed E-state index contributed by atoms with van der Waals surface area (Å²) in [5, 5.41) is 0. The van der Waals surface area contributed by atoms with Gasteiger partial charge in [0, 0.05) is 10.5 Å². The number of hydrogen-bond donors (Lipinski definition) is 1. The van der Waals surface area contributed by atoms with Crippen LogP contribution in [-0.2, 0) is 6.61 Å². The van der Waals surface area contributed by atoms with E-state index in [9.17, 15) is 4.91 Å². The molecule has 0 aromatic heterocycles. The minimum Gasteiger partial charge on any atom is -0.489 e. The highest BCUT2D eigenvalue weighted by atomic mass is 79.9. The van der Waals surface area contributed by atoms with E-state index in [1.54, 1.807) is 18.2 Å². The molecule has 0 fully saturated rings. The van der Waals surface area contributed by atoms with Crippen molar-refractivity contribution < 1.29 is 9.61 Å². The zero-order valence-corrected chi connectivity index (χ0v) is 11.1. The van der Waals surface area contributed by atoms with Gasteiger partial charge in [-0.3, -0.25) is 0 Å². The fourth-order valence-electron chi connectivity index (χ4n) is 1.50. The number of nitrogens with two attached hydrogens (primary N) is 1. The number of nitroso groups, excluding NO2 is 1. The number of hydrogen-bond acceptors (Lipinski definition) is 2. The van der Waals surface area contributed by atoms with E-state index < -0.39 is 0 Å². The summed E-state index contributed by atoms with van der Waals surface area (Å²) in [6, 6.07) is 14.8. The van der Waals surface area contributed by atoms with Crippen molar-refractivity contribution in [3.8, 4) is 5.75 Å². The maximum absolute atomic E-state index is 11.0. The molecule has 2 N–H and O–H groups in total. The molecule has 5 heteroatoms. The number of hydrazine groups is 1. The lowest BCUT2D eigenvalue weighted by molar-refractivity contribution is -0.474. The van der Waals surface area contributed by atoms with Crippen LogP contribution >= 0.6 is 15.9 Å². The summed E-state index contributed by atoms with van der Waals surface area (Å²) in [6.07, 6.45) is 0. The predicted octanol–water partition coefficient (Wildman–Crippen LogP) is 3.31. The van der Waals surface area contributed by atoms with Crippen molar-refractivity contribution in [3.05, 3.63) is 63.5 Å². The molecule has 0 saturated carbocycles. The molecule has 2 rings (SSSR count). The minimum absolute atomic E-state index is 0.306. The van der Waals surface area contributed by atoms with Gasteiger partial charge in [0.05, 0.1) is 11.0 Å². The van der Waals surface area contributed by atoms with Crippen LogP contribution in [0.15, 0.2) is 53.0 Å². The summed E-state index contributed by atoms with van der Waals surface area (Å²) >= 11 is 3.31. The van der Waals surface area contributed by atoms with Gasteiger partial charge in [-0.2, -0.15) is 5.84 Å². The van der Waals surface area contributed by atoms with Crippen LogP contribution in [-0.4, -0.2) is 4.87 Å². The minimum atomic E-state index is 0.306. The third-order valence-electron chi connectivity index (χ3n) is 2.36. The first-order valence-corrected chi connectivity index (χ1v) is 6.14. The molecule has 4 nitrogen and oxygen atoms in total. The van der Waals surface area contributed by atoms with E-state index >= 15 is 0 Å². The maximum atomic E-state index is 11.0. The van der Waals surface area contributed by atoms with Crippen LogP contribution < -0.4 is 10.6 Å². The lowest BCUT2D eigenvalue weighted by atomic mass is 10.2. The van der Waals surface area contributed by atoms with Crippen molar-refractivity contribution >= 4 is 21.6 Å². The first kappa shape index (κ1) is 12.6. The quantitative estimate of drug-likeness (QED) is 0.535. The average Bonchev–Trinajstić information content (AvgIpc) is 2.37. The third kappa shape index (κ3) is 3.30. The Labute approximate surface area is 113 Å². The Bertz CT molecular complexity index is 558. The van der Waals surface area contributed by atoms with Gasteiger partial charge >= 0.3 is 0 Å². The van der Waals surface area contributed by atoms with E-state index in [4.69, 9.17) is 10.6 Å². The summed E-state index contributed by atoms with van der Waals surface area (Å²) in [5.41, 5.74) is 1.40. The Morgan fingerprint density at radius 3 is 2.56 bits per heavy atom. The molecule has 18 heavy (non-hydrogen) atoms. The van der Waals surface area contributed by atoms with Gasteiger partial charge in [-0.15, -0.1) is 0 Å². The van der Waals surface area contributed by atoms with Crippen LogP contribution in [0.5, 0.6) is 5.75 Å². The van der Waals surface area contributed by atoms with Crippen molar-refractivity contribution in [2.75, 3.05) is 0 Å². The molecule has 0 heterocycles. The number of nitrogens with zero attached hydrogens (tertiary/aromatic N) is 1. The molecule has 0 bridgehead atoms. The average molecular weight is 308 g/mol. The second-order valence-electron chi connectivity index (χ2n) is 3.75. The standard InChI is InChI=1S/C13H12BrN2O2/c14-11-6-12(16(15)17)8-13(7-11)18-9-10-4-2-1-3-5-10/h1-8H,9H2,(H2,15,17)/q+1. The van der Waals surface area contributed by atoms with Gasteiger partial charge in [-0.1, -0.05) is 46.3 Å². The van der Waals surface area contributed by atoms with Crippen molar-refractivity contribution in [3.63, 3.8) is 0 Å². The molecule has 2 aromatic rings. The van der Waals surface area contributed by atoms with Crippen molar-refractivity contribution in [2.24, 2.45) is 5.84 Å². The van der Waals surface area contributed by atoms with E-state index in [2.05, 4.69) is 15.9 Å². The highest BCUT2D eigenvalue weighted by Crippen LogP contribution is 2.26. The molecular weight excluding hydrogens is 296 g/mol. The Morgan fingerprint density at radius 2 is 1.89 bits per heavy atom. The van der Waals surface area contributed by atoms with Gasteiger partial charge in [0.25, 0.3) is 5.69 Å². The molecule has 0 aliphatic heterocycles. The zero-order valence-electron chi connectivity index (χ0n) is 9.54. The first-order chi connectivity index (χ1) is 8.65. The third-order valence-corrected chi connectivity index (χ3v) is 2.82. The smallest absolute Gasteiger partial charge is 0.296 e. The fourth-order valence-corrected chi connectivity index (χ4v) is 1.96. The summed E-state index contributed by atoms with van der Waals surface area (Å²) < 4.78 is 6.36. The molecule has 0 radical (unpaired) electrons. The Hall–Kier alpha value is -1.88. The molecule has 2 aromatic carbocycles. The van der Waals surface area contributed by atoms with E-state index in [-0.39, 0.29) is 0 Å². The summed E-state index contributed by atoms with van der Waals surface area (Å²) in [6.45, 7) is 0.445. The number of halogens is 1. The second-order valence-corrected chi connectivity index (χ2v) is 4.66. The van der Waals surface area contributed by atoms with Gasteiger partial charge in [0.15, 0.2) is 4.87 Å². The van der Waals surface area contributed by atoms with E-state index in [0.29, 0.717) is 22.9 Å². The number of benzene rings is 2. The molecule has 0 unspecified atom stereocenters. The lowest BCUT2D eigenvalue weighted by Crippen LogP contribution is -2.09. The maximum Gasteiger partial charge on any atom is 0.296 e. The molecule has 0 atom stereocenters. The first-order valence-electron chi connectivity index (χ1n) is 5.34.